The van der Waals surface area contributed by atoms with Gasteiger partial charge in [-0.15, -0.1) is 0 Å². The van der Waals surface area contributed by atoms with Gasteiger partial charge < -0.3 is 14.4 Å². The van der Waals surface area contributed by atoms with Crippen molar-refractivity contribution in [3.63, 3.8) is 0 Å². The van der Waals surface area contributed by atoms with Gasteiger partial charge in [0.15, 0.2) is 0 Å². The summed E-state index contributed by atoms with van der Waals surface area (Å²) >= 11 is 0. The zero-order valence-corrected chi connectivity index (χ0v) is 25.0. The summed E-state index contributed by atoms with van der Waals surface area (Å²) in [6.45, 7) is 8.14. The number of ether oxygens (including phenoxy) is 2. The monoisotopic (exact) mass is 572 g/mol. The average molecular weight is 573 g/mol. The van der Waals surface area contributed by atoms with Crippen molar-refractivity contribution in [3.8, 4) is 23.0 Å². The molecular weight excluding hydrogens is 536 g/mol. The Labute approximate surface area is 252 Å². The van der Waals surface area contributed by atoms with Crippen LogP contribution in [0.4, 0.5) is 5.69 Å². The third-order valence-electron chi connectivity index (χ3n) is 9.80. The summed E-state index contributed by atoms with van der Waals surface area (Å²) in [6, 6.07) is 32.7. The highest BCUT2D eigenvalue weighted by molar-refractivity contribution is 6.06. The molecule has 1 aliphatic carbocycles. The maximum absolute atomic E-state index is 12.5. The van der Waals surface area contributed by atoms with Gasteiger partial charge in [0.1, 0.15) is 23.0 Å². The van der Waals surface area contributed by atoms with Gasteiger partial charge in [-0.05, 0) is 90.6 Å². The Kier molecular flexibility index (Phi) is 6.53. The van der Waals surface area contributed by atoms with Crippen LogP contribution in [0.1, 0.15) is 30.5 Å². The summed E-state index contributed by atoms with van der Waals surface area (Å²) in [4.78, 5) is 28.6. The minimum Gasteiger partial charge on any atom is -0.457 e. The molecule has 218 valence electrons. The number of hydrogen-bond acceptors (Lipinski definition) is 5. The SMILES string of the molecule is Cc1ccc(Oc2ccc(C(C)(C)c3ccc(Oc4ccc(N5CC6C(C5)C5C(=O)N(C)C(=O)C65)cc4)cc3)cc2)cc1. The summed E-state index contributed by atoms with van der Waals surface area (Å²) in [6.07, 6.45) is 0. The number of carbonyl (C=O) groups excluding carboxylic acids is 2. The summed E-state index contributed by atoms with van der Waals surface area (Å²) in [5.41, 5.74) is 4.51. The molecule has 4 aromatic rings. The van der Waals surface area contributed by atoms with Gasteiger partial charge in [-0.2, -0.15) is 0 Å². The largest absolute Gasteiger partial charge is 0.457 e. The Morgan fingerprint density at radius 3 is 1.40 bits per heavy atom. The van der Waals surface area contributed by atoms with E-state index in [4.69, 9.17) is 9.47 Å². The zero-order chi connectivity index (χ0) is 29.9. The highest BCUT2D eigenvalue weighted by Gasteiger charge is 2.65. The molecule has 2 heterocycles. The molecule has 2 aliphatic heterocycles. The van der Waals surface area contributed by atoms with Gasteiger partial charge in [-0.25, -0.2) is 0 Å². The van der Waals surface area contributed by atoms with E-state index in [0.29, 0.717) is 0 Å². The molecule has 2 saturated heterocycles. The van der Waals surface area contributed by atoms with Crippen LogP contribution in [0.15, 0.2) is 97.1 Å². The molecule has 4 unspecified atom stereocenters. The first kappa shape index (κ1) is 27.3. The number of hydrogen-bond donors (Lipinski definition) is 0. The van der Waals surface area contributed by atoms with Crippen LogP contribution in [0.5, 0.6) is 23.0 Å². The van der Waals surface area contributed by atoms with Crippen LogP contribution in [0.3, 0.4) is 0 Å². The minimum absolute atomic E-state index is 0.00218. The number of imide groups is 1. The second-order valence-corrected chi connectivity index (χ2v) is 12.7. The van der Waals surface area contributed by atoms with E-state index in [1.165, 1.54) is 21.6 Å². The fourth-order valence-corrected chi connectivity index (χ4v) is 7.09. The molecule has 1 saturated carbocycles. The van der Waals surface area contributed by atoms with Crippen molar-refractivity contribution in [2.45, 2.75) is 26.2 Å². The van der Waals surface area contributed by atoms with Crippen molar-refractivity contribution in [2.24, 2.45) is 23.7 Å². The third kappa shape index (κ3) is 4.75. The van der Waals surface area contributed by atoms with Gasteiger partial charge in [-0.1, -0.05) is 55.8 Å². The van der Waals surface area contributed by atoms with Crippen molar-refractivity contribution < 1.29 is 19.1 Å². The van der Waals surface area contributed by atoms with E-state index in [2.05, 4.69) is 62.1 Å². The Morgan fingerprint density at radius 1 is 0.605 bits per heavy atom. The lowest BCUT2D eigenvalue weighted by Crippen LogP contribution is -2.47. The number of amides is 2. The van der Waals surface area contributed by atoms with Crippen LogP contribution < -0.4 is 14.4 Å². The van der Waals surface area contributed by atoms with E-state index >= 15 is 0 Å². The molecule has 2 amide bonds. The third-order valence-corrected chi connectivity index (χ3v) is 9.80. The second kappa shape index (κ2) is 10.3. The van der Waals surface area contributed by atoms with Crippen LogP contribution in [0.25, 0.3) is 0 Å². The molecule has 6 nitrogen and oxygen atoms in total. The van der Waals surface area contributed by atoms with Gasteiger partial charge in [0.2, 0.25) is 11.8 Å². The van der Waals surface area contributed by atoms with E-state index < -0.39 is 0 Å². The van der Waals surface area contributed by atoms with E-state index in [9.17, 15) is 9.59 Å². The van der Waals surface area contributed by atoms with Crippen molar-refractivity contribution in [1.82, 2.24) is 4.90 Å². The lowest BCUT2D eigenvalue weighted by atomic mass is 9.59. The number of benzene rings is 4. The van der Waals surface area contributed by atoms with Gasteiger partial charge in [-0.3, -0.25) is 14.5 Å². The molecule has 43 heavy (non-hydrogen) atoms. The molecule has 4 atom stereocenters. The van der Waals surface area contributed by atoms with Crippen molar-refractivity contribution >= 4 is 17.5 Å². The van der Waals surface area contributed by atoms with Gasteiger partial charge in [0.05, 0.1) is 11.8 Å². The molecule has 0 N–H and O–H groups in total. The molecular formula is C37H36N2O4. The highest BCUT2D eigenvalue weighted by Crippen LogP contribution is 2.55. The van der Waals surface area contributed by atoms with E-state index in [0.717, 1.165) is 41.8 Å². The van der Waals surface area contributed by atoms with Crippen molar-refractivity contribution in [1.29, 1.82) is 0 Å². The van der Waals surface area contributed by atoms with Crippen LogP contribution in [0.2, 0.25) is 0 Å². The van der Waals surface area contributed by atoms with Gasteiger partial charge >= 0.3 is 0 Å². The zero-order valence-electron chi connectivity index (χ0n) is 25.0. The first-order valence-corrected chi connectivity index (χ1v) is 15.0. The number of likely N-dealkylation sites (tertiary alicyclic amines) is 1. The highest BCUT2D eigenvalue weighted by atomic mass is 16.5. The van der Waals surface area contributed by atoms with Crippen LogP contribution in [0, 0.1) is 30.6 Å². The van der Waals surface area contributed by atoms with Crippen LogP contribution >= 0.6 is 0 Å². The molecule has 6 heteroatoms. The number of anilines is 1. The lowest BCUT2D eigenvalue weighted by molar-refractivity contribution is -0.137. The summed E-state index contributed by atoms with van der Waals surface area (Å²) in [5.74, 6) is 3.49. The first-order valence-electron chi connectivity index (χ1n) is 15.0. The van der Waals surface area contributed by atoms with E-state index in [1.807, 2.05) is 60.7 Å². The molecule has 0 aromatic heterocycles. The Hall–Kier alpha value is -4.58. The van der Waals surface area contributed by atoms with Crippen molar-refractivity contribution in [3.05, 3.63) is 114 Å². The molecule has 3 fully saturated rings. The number of carbonyl (C=O) groups is 2. The number of rotatable bonds is 7. The topological polar surface area (TPSA) is 59.1 Å². The molecule has 7 rings (SSSR count). The molecule has 4 aromatic carbocycles. The smallest absolute Gasteiger partial charge is 0.233 e. The van der Waals surface area contributed by atoms with Crippen LogP contribution in [-0.2, 0) is 15.0 Å². The van der Waals surface area contributed by atoms with E-state index in [1.54, 1.807) is 7.05 Å². The second-order valence-electron chi connectivity index (χ2n) is 12.7. The average Bonchev–Trinajstić information content (AvgIpc) is 3.45. The predicted octanol–water partition coefficient (Wildman–Crippen LogP) is 7.20. The Bertz CT molecular complexity index is 1630. The van der Waals surface area contributed by atoms with Crippen LogP contribution in [-0.4, -0.2) is 36.9 Å². The number of nitrogens with zero attached hydrogens (tertiary/aromatic N) is 2. The fraction of sp³-hybridized carbons (Fsp3) is 0.297. The summed E-state index contributed by atoms with van der Waals surface area (Å²) in [7, 11) is 1.62. The minimum atomic E-state index is -0.194. The fourth-order valence-electron chi connectivity index (χ4n) is 7.09. The first-order chi connectivity index (χ1) is 20.7. The summed E-state index contributed by atoms with van der Waals surface area (Å²) in [5, 5.41) is 0. The van der Waals surface area contributed by atoms with E-state index in [-0.39, 0.29) is 40.9 Å². The number of aryl methyl sites for hydroxylation is 1. The van der Waals surface area contributed by atoms with Gasteiger partial charge in [0.25, 0.3) is 0 Å². The molecule has 3 aliphatic rings. The normalized spacial score (nSPS) is 22.7. The Morgan fingerprint density at radius 2 is 0.977 bits per heavy atom. The quantitative estimate of drug-likeness (QED) is 0.219. The Balaban J connectivity index is 0.971. The molecule has 0 spiro atoms. The standard InChI is InChI=1S/C37H36N2O4/c1-23-5-13-27(14-6-23)42-28-15-7-24(8-16-28)37(2,3)25-9-17-29(18-10-25)43-30-19-11-26(12-20-30)39-21-31-32(22-39)34-33(31)35(40)38(4)36(34)41/h5-20,31-34H,21-22H2,1-4H3. The molecule has 0 radical (unpaired) electrons. The van der Waals surface area contributed by atoms with Crippen molar-refractivity contribution in [2.75, 3.05) is 25.0 Å². The summed E-state index contributed by atoms with van der Waals surface area (Å²) < 4.78 is 12.2. The maximum Gasteiger partial charge on any atom is 0.233 e. The van der Waals surface area contributed by atoms with Gasteiger partial charge in [0, 0.05) is 31.2 Å². The predicted molar refractivity (Wildman–Crippen MR) is 167 cm³/mol. The molecule has 0 bridgehead atoms. The maximum atomic E-state index is 12.5. The lowest BCUT2D eigenvalue weighted by Gasteiger charge is -2.39. The number of fused-ring (bicyclic) bond motifs is 4.